The van der Waals surface area contributed by atoms with E-state index in [1.165, 1.54) is 10.3 Å². The molecule has 7 heteroatoms. The fourth-order valence-electron chi connectivity index (χ4n) is 3.15. The highest BCUT2D eigenvalue weighted by atomic mass is 32.1. The lowest BCUT2D eigenvalue weighted by Gasteiger charge is -2.27. The maximum absolute atomic E-state index is 4.88. The van der Waals surface area contributed by atoms with E-state index in [1.807, 2.05) is 0 Å². The molecule has 0 atom stereocenters. The zero-order valence-corrected chi connectivity index (χ0v) is 16.5. The van der Waals surface area contributed by atoms with E-state index in [1.54, 1.807) is 11.3 Å². The molecule has 0 aromatic carbocycles. The molecule has 0 bridgehead atoms. The highest BCUT2D eigenvalue weighted by Gasteiger charge is 2.17. The van der Waals surface area contributed by atoms with Gasteiger partial charge in [0.05, 0.1) is 5.39 Å². The lowest BCUT2D eigenvalue weighted by molar-refractivity contribution is 0.316. The van der Waals surface area contributed by atoms with Gasteiger partial charge in [0.25, 0.3) is 0 Å². The predicted octanol–water partition coefficient (Wildman–Crippen LogP) is 2.42. The van der Waals surface area contributed by atoms with E-state index in [4.69, 9.17) is 9.97 Å². The molecule has 2 N–H and O–H groups in total. The smallest absolute Gasteiger partial charge is 0.228 e. The summed E-state index contributed by atoms with van der Waals surface area (Å²) in [6, 6.07) is 2.25. The molecule has 1 aliphatic rings. The van der Waals surface area contributed by atoms with Gasteiger partial charge < -0.3 is 20.4 Å². The molecule has 2 aromatic heterocycles. The van der Waals surface area contributed by atoms with Crippen molar-refractivity contribution in [3.05, 3.63) is 10.9 Å². The second kappa shape index (κ2) is 8.78. The van der Waals surface area contributed by atoms with Gasteiger partial charge in [-0.25, -0.2) is 4.98 Å². The number of piperazine rings is 1. The summed E-state index contributed by atoms with van der Waals surface area (Å²) in [5.41, 5.74) is 0. The van der Waals surface area contributed by atoms with Gasteiger partial charge in [0.2, 0.25) is 5.95 Å². The van der Waals surface area contributed by atoms with Crippen molar-refractivity contribution >= 4 is 33.3 Å². The Morgan fingerprint density at radius 2 is 1.96 bits per heavy atom. The van der Waals surface area contributed by atoms with Crippen molar-refractivity contribution in [1.29, 1.82) is 0 Å². The van der Waals surface area contributed by atoms with Crippen molar-refractivity contribution in [2.75, 3.05) is 62.6 Å². The zero-order chi connectivity index (χ0) is 17.6. The number of hydrogen-bond acceptors (Lipinski definition) is 7. The van der Waals surface area contributed by atoms with E-state index < -0.39 is 0 Å². The Bertz CT molecular complexity index is 676. The fourth-order valence-corrected chi connectivity index (χ4v) is 4.11. The third-order valence-corrected chi connectivity index (χ3v) is 5.97. The van der Waals surface area contributed by atoms with Crippen LogP contribution in [-0.2, 0) is 6.42 Å². The van der Waals surface area contributed by atoms with Gasteiger partial charge in [-0.3, -0.25) is 0 Å². The minimum Gasteiger partial charge on any atom is -0.368 e. The van der Waals surface area contributed by atoms with Crippen LogP contribution in [0.15, 0.2) is 6.07 Å². The van der Waals surface area contributed by atoms with Crippen LogP contribution < -0.4 is 15.5 Å². The van der Waals surface area contributed by atoms with Crippen molar-refractivity contribution in [3.8, 4) is 0 Å². The molecule has 1 aliphatic heterocycles. The number of rotatable bonds is 8. The second-order valence-electron chi connectivity index (χ2n) is 6.35. The molecule has 1 fully saturated rings. The number of nitrogens with one attached hydrogen (secondary N) is 2. The van der Waals surface area contributed by atoms with Crippen LogP contribution in [-0.4, -0.2) is 67.2 Å². The third kappa shape index (κ3) is 4.40. The van der Waals surface area contributed by atoms with Gasteiger partial charge in [-0.2, -0.15) is 4.98 Å². The number of anilines is 2. The van der Waals surface area contributed by atoms with Crippen LogP contribution in [0.2, 0.25) is 0 Å². The number of hydrogen-bond donors (Lipinski definition) is 2. The molecule has 2 aromatic rings. The maximum Gasteiger partial charge on any atom is 0.228 e. The minimum atomic E-state index is 0.865. The maximum atomic E-state index is 4.88. The Morgan fingerprint density at radius 1 is 1.20 bits per heavy atom. The second-order valence-corrected chi connectivity index (χ2v) is 7.46. The van der Waals surface area contributed by atoms with E-state index >= 15 is 0 Å². The summed E-state index contributed by atoms with van der Waals surface area (Å²) in [4.78, 5) is 16.9. The van der Waals surface area contributed by atoms with E-state index in [2.05, 4.69) is 47.3 Å². The highest BCUT2D eigenvalue weighted by molar-refractivity contribution is 7.18. The molecule has 0 radical (unpaired) electrons. The first-order chi connectivity index (χ1) is 12.2. The number of aryl methyl sites for hydroxylation is 1. The van der Waals surface area contributed by atoms with Crippen molar-refractivity contribution in [3.63, 3.8) is 0 Å². The number of nitrogens with zero attached hydrogens (tertiary/aromatic N) is 4. The SMILES string of the molecule is CCc1cc2c(NCCN(CC)CC)nc(N3CCNCC3)nc2s1. The average molecular weight is 363 g/mol. The first-order valence-electron chi connectivity index (χ1n) is 9.47. The topological polar surface area (TPSA) is 56.3 Å². The van der Waals surface area contributed by atoms with Gasteiger partial charge in [-0.1, -0.05) is 20.8 Å². The molecule has 1 saturated heterocycles. The van der Waals surface area contributed by atoms with Gasteiger partial charge >= 0.3 is 0 Å². The van der Waals surface area contributed by atoms with E-state index in [-0.39, 0.29) is 0 Å². The molecule has 25 heavy (non-hydrogen) atoms. The number of likely N-dealkylation sites (N-methyl/N-ethyl adjacent to an activating group) is 1. The Labute approximate surface area is 154 Å². The van der Waals surface area contributed by atoms with Crippen LogP contribution in [0.25, 0.3) is 10.2 Å². The van der Waals surface area contributed by atoms with E-state index in [9.17, 15) is 0 Å². The first kappa shape index (κ1) is 18.4. The van der Waals surface area contributed by atoms with Crippen LogP contribution >= 0.6 is 11.3 Å². The molecular formula is C18H30N6S. The summed E-state index contributed by atoms with van der Waals surface area (Å²) in [6.45, 7) is 14.7. The largest absolute Gasteiger partial charge is 0.368 e. The van der Waals surface area contributed by atoms with E-state index in [0.29, 0.717) is 0 Å². The van der Waals surface area contributed by atoms with Gasteiger partial charge in [0.1, 0.15) is 10.6 Å². The molecule has 0 aliphatic carbocycles. The zero-order valence-electron chi connectivity index (χ0n) is 15.6. The van der Waals surface area contributed by atoms with Crippen LogP contribution in [0.4, 0.5) is 11.8 Å². The summed E-state index contributed by atoms with van der Waals surface area (Å²) >= 11 is 1.79. The third-order valence-electron chi connectivity index (χ3n) is 4.80. The van der Waals surface area contributed by atoms with Crippen molar-refractivity contribution in [2.45, 2.75) is 27.2 Å². The Kier molecular flexibility index (Phi) is 6.45. The normalized spacial score (nSPS) is 15.3. The Balaban J connectivity index is 1.83. The number of fused-ring (bicyclic) bond motifs is 1. The summed E-state index contributed by atoms with van der Waals surface area (Å²) < 4.78 is 0. The van der Waals surface area contributed by atoms with Gasteiger partial charge in [0, 0.05) is 44.1 Å². The molecule has 0 unspecified atom stereocenters. The monoisotopic (exact) mass is 362 g/mol. The minimum absolute atomic E-state index is 0.865. The Hall–Kier alpha value is -1.44. The van der Waals surface area contributed by atoms with Crippen LogP contribution in [0.3, 0.4) is 0 Å². The standard InChI is InChI=1S/C18H30N6S/c1-4-14-13-15-16(20-9-10-23(5-2)6-3)21-18(22-17(15)25-14)24-11-7-19-8-12-24/h13,19H,4-12H2,1-3H3,(H,20,21,22). The van der Waals surface area contributed by atoms with E-state index in [0.717, 1.165) is 75.4 Å². The molecule has 0 amide bonds. The van der Waals surface area contributed by atoms with Crippen molar-refractivity contribution in [2.24, 2.45) is 0 Å². The molecule has 0 spiro atoms. The quantitative estimate of drug-likeness (QED) is 0.752. The molecule has 3 heterocycles. The fraction of sp³-hybridized carbons (Fsp3) is 0.667. The Morgan fingerprint density at radius 3 is 2.64 bits per heavy atom. The number of aromatic nitrogens is 2. The lowest BCUT2D eigenvalue weighted by atomic mass is 10.3. The van der Waals surface area contributed by atoms with Crippen LogP contribution in [0, 0.1) is 0 Å². The summed E-state index contributed by atoms with van der Waals surface area (Å²) in [6.07, 6.45) is 1.04. The van der Waals surface area contributed by atoms with Crippen LogP contribution in [0.1, 0.15) is 25.6 Å². The molecule has 6 nitrogen and oxygen atoms in total. The van der Waals surface area contributed by atoms with Crippen molar-refractivity contribution < 1.29 is 0 Å². The summed E-state index contributed by atoms with van der Waals surface area (Å²) in [5, 5.41) is 8.14. The first-order valence-corrected chi connectivity index (χ1v) is 10.3. The summed E-state index contributed by atoms with van der Waals surface area (Å²) in [7, 11) is 0. The lowest BCUT2D eigenvalue weighted by Crippen LogP contribution is -2.44. The summed E-state index contributed by atoms with van der Waals surface area (Å²) in [5.74, 6) is 1.85. The molecular weight excluding hydrogens is 332 g/mol. The average Bonchev–Trinajstić information content (AvgIpc) is 3.09. The highest BCUT2D eigenvalue weighted by Crippen LogP contribution is 2.31. The van der Waals surface area contributed by atoms with Gasteiger partial charge in [-0.05, 0) is 25.6 Å². The molecule has 0 saturated carbocycles. The van der Waals surface area contributed by atoms with Gasteiger partial charge in [0.15, 0.2) is 0 Å². The van der Waals surface area contributed by atoms with Crippen molar-refractivity contribution in [1.82, 2.24) is 20.2 Å². The number of thiophene rings is 1. The molecule has 3 rings (SSSR count). The van der Waals surface area contributed by atoms with Gasteiger partial charge in [-0.15, -0.1) is 11.3 Å². The van der Waals surface area contributed by atoms with Crippen LogP contribution in [0.5, 0.6) is 0 Å². The predicted molar refractivity (Wildman–Crippen MR) is 108 cm³/mol. The molecule has 138 valence electrons.